The Bertz CT molecular complexity index is 304. The highest BCUT2D eigenvalue weighted by molar-refractivity contribution is 5.76. The van der Waals surface area contributed by atoms with Crippen LogP contribution < -0.4 is 5.43 Å². The molecule has 1 saturated heterocycles. The van der Waals surface area contributed by atoms with Crippen LogP contribution in [-0.2, 0) is 9.53 Å². The first-order chi connectivity index (χ1) is 8.13. The van der Waals surface area contributed by atoms with Gasteiger partial charge in [0.15, 0.2) is 0 Å². The van der Waals surface area contributed by atoms with Gasteiger partial charge in [-0.25, -0.2) is 0 Å². The molecular weight excluding hydrogens is 220 g/mol. The number of hydrogen-bond acceptors (Lipinski definition) is 4. The van der Waals surface area contributed by atoms with E-state index in [0.29, 0.717) is 38.2 Å². The zero-order chi connectivity index (χ0) is 12.7. The lowest BCUT2D eigenvalue weighted by Crippen LogP contribution is -2.44. The van der Waals surface area contributed by atoms with Crippen molar-refractivity contribution in [3.05, 3.63) is 12.3 Å². The molecule has 0 saturated carbocycles. The molecule has 1 amide bonds. The molecule has 0 aromatic heterocycles. The van der Waals surface area contributed by atoms with Crippen LogP contribution in [0.1, 0.15) is 19.8 Å². The maximum Gasteiger partial charge on any atom is 0.223 e. The van der Waals surface area contributed by atoms with E-state index >= 15 is 0 Å². The second-order valence-electron chi connectivity index (χ2n) is 4.04. The van der Waals surface area contributed by atoms with Crippen LogP contribution in [0.15, 0.2) is 22.6 Å². The van der Waals surface area contributed by atoms with Crippen molar-refractivity contribution < 1.29 is 9.53 Å². The second kappa shape index (κ2) is 7.01. The van der Waals surface area contributed by atoms with Crippen LogP contribution in [0.25, 0.3) is 0 Å². The Morgan fingerprint density at radius 3 is 3.00 bits per heavy atom. The monoisotopic (exact) mass is 240 g/mol. The minimum atomic E-state index is 0.128. The summed E-state index contributed by atoms with van der Waals surface area (Å²) in [5.74, 6) is 0.136. The molecule has 1 N–H and O–H groups in total. The fourth-order valence-corrected chi connectivity index (χ4v) is 1.64. The van der Waals surface area contributed by atoms with Crippen LogP contribution in [0.5, 0.6) is 0 Å². The number of nitrogens with zero attached hydrogens (tertiary/aromatic N) is 3. The summed E-state index contributed by atoms with van der Waals surface area (Å²) in [4.78, 5) is 13.7. The largest absolute Gasteiger partial charge is 0.375 e. The van der Waals surface area contributed by atoms with Gasteiger partial charge in [0.25, 0.3) is 0 Å². The van der Waals surface area contributed by atoms with Gasteiger partial charge < -0.3 is 9.64 Å². The number of carbonyl (C=O) groups is 1. The molecule has 17 heavy (non-hydrogen) atoms. The molecule has 6 heteroatoms. The van der Waals surface area contributed by atoms with Crippen molar-refractivity contribution >= 4 is 5.91 Å². The number of rotatable bonds is 5. The Balaban J connectivity index is 2.26. The van der Waals surface area contributed by atoms with E-state index in [2.05, 4.69) is 22.3 Å². The number of hydrogen-bond donors (Lipinski definition) is 1. The number of amides is 1. The Kier molecular flexibility index (Phi) is 5.62. The molecular formula is C11H20N4O2. The zero-order valence-electron chi connectivity index (χ0n) is 10.5. The molecule has 0 spiro atoms. The van der Waals surface area contributed by atoms with Crippen LogP contribution in [0.2, 0.25) is 0 Å². The quantitative estimate of drug-likeness (QED) is 0.578. The van der Waals surface area contributed by atoms with E-state index < -0.39 is 0 Å². The molecule has 1 unspecified atom stereocenters. The summed E-state index contributed by atoms with van der Waals surface area (Å²) in [7, 11) is 1.57. The third-order valence-corrected chi connectivity index (χ3v) is 2.54. The van der Waals surface area contributed by atoms with Crippen molar-refractivity contribution in [2.24, 2.45) is 10.3 Å². The predicted molar refractivity (Wildman–Crippen MR) is 64.3 cm³/mol. The lowest BCUT2D eigenvalue weighted by molar-refractivity contribution is -0.138. The van der Waals surface area contributed by atoms with Gasteiger partial charge in [0, 0.05) is 25.2 Å². The molecule has 0 bridgehead atoms. The van der Waals surface area contributed by atoms with Gasteiger partial charge in [0.2, 0.25) is 5.91 Å². The van der Waals surface area contributed by atoms with Crippen LogP contribution in [0.4, 0.5) is 0 Å². The van der Waals surface area contributed by atoms with E-state index in [1.807, 2.05) is 11.8 Å². The topological polar surface area (TPSA) is 66.3 Å². The van der Waals surface area contributed by atoms with E-state index in [0.717, 1.165) is 0 Å². The minimum absolute atomic E-state index is 0.128. The Morgan fingerprint density at radius 1 is 1.59 bits per heavy atom. The van der Waals surface area contributed by atoms with Crippen molar-refractivity contribution in [1.29, 1.82) is 0 Å². The molecule has 1 atom stereocenters. The van der Waals surface area contributed by atoms with Crippen LogP contribution in [0.3, 0.4) is 0 Å². The number of ether oxygens (including phenoxy) is 1. The molecule has 1 rings (SSSR count). The van der Waals surface area contributed by atoms with Gasteiger partial charge in [-0.3, -0.25) is 10.2 Å². The molecule has 0 aromatic rings. The highest BCUT2D eigenvalue weighted by atomic mass is 16.5. The normalized spacial score (nSPS) is 20.6. The average molecular weight is 240 g/mol. The summed E-state index contributed by atoms with van der Waals surface area (Å²) < 4.78 is 5.39. The fraction of sp³-hybridized carbons (Fsp3) is 0.727. The van der Waals surface area contributed by atoms with Gasteiger partial charge in [-0.15, -0.1) is 0 Å². The molecule has 0 aliphatic carbocycles. The first-order valence-corrected chi connectivity index (χ1v) is 5.75. The Hall–Kier alpha value is -1.43. The summed E-state index contributed by atoms with van der Waals surface area (Å²) in [6, 6.07) is 0. The summed E-state index contributed by atoms with van der Waals surface area (Å²) in [6.07, 6.45) is 1.14. The molecule has 0 aromatic carbocycles. The van der Waals surface area contributed by atoms with Gasteiger partial charge in [-0.2, -0.15) is 5.11 Å². The van der Waals surface area contributed by atoms with Gasteiger partial charge in [0.05, 0.1) is 19.8 Å². The first-order valence-electron chi connectivity index (χ1n) is 5.75. The SMILES string of the molecule is C=C(CCC(=O)N1CCOC(C)C1)NN=NC. The highest BCUT2D eigenvalue weighted by Gasteiger charge is 2.20. The van der Waals surface area contributed by atoms with Crippen molar-refractivity contribution in [1.82, 2.24) is 10.3 Å². The summed E-state index contributed by atoms with van der Waals surface area (Å²) >= 11 is 0. The zero-order valence-corrected chi connectivity index (χ0v) is 10.5. The molecule has 96 valence electrons. The Labute approximate surface area is 102 Å². The highest BCUT2D eigenvalue weighted by Crippen LogP contribution is 2.08. The average Bonchev–Trinajstić information content (AvgIpc) is 2.33. The van der Waals surface area contributed by atoms with Crippen molar-refractivity contribution in [3.8, 4) is 0 Å². The van der Waals surface area contributed by atoms with Crippen LogP contribution >= 0.6 is 0 Å². The van der Waals surface area contributed by atoms with Crippen molar-refractivity contribution in [2.75, 3.05) is 26.7 Å². The maximum atomic E-state index is 11.9. The first kappa shape index (κ1) is 13.6. The molecule has 1 fully saturated rings. The van der Waals surface area contributed by atoms with Crippen LogP contribution in [-0.4, -0.2) is 43.7 Å². The fourth-order valence-electron chi connectivity index (χ4n) is 1.64. The molecule has 1 heterocycles. The van der Waals surface area contributed by atoms with Crippen molar-refractivity contribution in [2.45, 2.75) is 25.9 Å². The molecule has 0 radical (unpaired) electrons. The van der Waals surface area contributed by atoms with Gasteiger partial charge in [-0.05, 0) is 13.3 Å². The molecule has 6 nitrogen and oxygen atoms in total. The maximum absolute atomic E-state index is 11.9. The summed E-state index contributed by atoms with van der Waals surface area (Å²) in [5, 5.41) is 7.15. The lowest BCUT2D eigenvalue weighted by Gasteiger charge is -2.31. The third kappa shape index (κ3) is 4.95. The third-order valence-electron chi connectivity index (χ3n) is 2.54. The number of allylic oxidation sites excluding steroid dienone is 1. The van der Waals surface area contributed by atoms with E-state index in [-0.39, 0.29) is 12.0 Å². The van der Waals surface area contributed by atoms with Crippen LogP contribution in [0, 0.1) is 0 Å². The number of carbonyl (C=O) groups excluding carboxylic acids is 1. The van der Waals surface area contributed by atoms with E-state index in [9.17, 15) is 4.79 Å². The van der Waals surface area contributed by atoms with Gasteiger partial charge in [-0.1, -0.05) is 11.8 Å². The minimum Gasteiger partial charge on any atom is -0.375 e. The number of nitrogens with one attached hydrogen (secondary N) is 1. The lowest BCUT2D eigenvalue weighted by atomic mass is 10.2. The van der Waals surface area contributed by atoms with E-state index in [4.69, 9.17) is 4.74 Å². The molecule has 1 aliphatic rings. The van der Waals surface area contributed by atoms with Gasteiger partial charge in [0.1, 0.15) is 0 Å². The second-order valence-corrected chi connectivity index (χ2v) is 4.04. The van der Waals surface area contributed by atoms with E-state index in [1.165, 1.54) is 0 Å². The van der Waals surface area contributed by atoms with Gasteiger partial charge >= 0.3 is 0 Å². The van der Waals surface area contributed by atoms with Crippen molar-refractivity contribution in [3.63, 3.8) is 0 Å². The Morgan fingerprint density at radius 2 is 2.35 bits per heavy atom. The summed E-state index contributed by atoms with van der Waals surface area (Å²) in [5.41, 5.74) is 3.37. The standard InChI is InChI=1S/C11H20N4O2/c1-9(13-14-12-3)4-5-11(16)15-6-7-17-10(2)8-15/h10H,1,4-8H2,2-3H3,(H,12,13). The number of morpholine rings is 1. The summed E-state index contributed by atoms with van der Waals surface area (Å²) in [6.45, 7) is 7.71. The molecule has 1 aliphatic heterocycles. The smallest absolute Gasteiger partial charge is 0.223 e. The predicted octanol–water partition coefficient (Wildman–Crippen LogP) is 1.11. The van der Waals surface area contributed by atoms with E-state index in [1.54, 1.807) is 7.05 Å².